The second-order valence-corrected chi connectivity index (χ2v) is 4.71. The Hall–Kier alpha value is -1.48. The average molecular weight is 270 g/mol. The number of carbonyl (C=O) groups is 1. The average Bonchev–Trinajstić information content (AvgIpc) is 2.92. The number of hydrogen-bond donors (Lipinski definition) is 6. The minimum absolute atomic E-state index is 0.384. The van der Waals surface area contributed by atoms with Crippen LogP contribution in [0.4, 0.5) is 0 Å². The molecule has 1 unspecified atom stereocenters. The van der Waals surface area contributed by atoms with E-state index in [9.17, 15) is 20.1 Å². The van der Waals surface area contributed by atoms with E-state index in [1.807, 2.05) is 0 Å². The van der Waals surface area contributed by atoms with Crippen LogP contribution < -0.4 is 10.6 Å². The molecule has 1 aromatic rings. The number of rotatable bonds is 5. The van der Waals surface area contributed by atoms with E-state index >= 15 is 0 Å². The molecule has 0 spiro atoms. The second kappa shape index (κ2) is 5.66. The smallest absolute Gasteiger partial charge is 0.238 e. The number of aromatic nitrogens is 2. The lowest BCUT2D eigenvalue weighted by Crippen LogP contribution is -2.61. The predicted molar refractivity (Wildman–Crippen MR) is 65.1 cm³/mol. The third kappa shape index (κ3) is 2.76. The van der Waals surface area contributed by atoms with Gasteiger partial charge in [0.05, 0.1) is 43.6 Å². The number of nitrogens with zero attached hydrogens (tertiary/aromatic N) is 1. The largest absolute Gasteiger partial charge is 0.394 e. The normalized spacial score (nSPS) is 19.0. The van der Waals surface area contributed by atoms with Gasteiger partial charge in [-0.1, -0.05) is 0 Å². The Balaban J connectivity index is 2.01. The molecule has 0 fully saturated rings. The molecule has 1 aliphatic rings. The lowest BCUT2D eigenvalue weighted by molar-refractivity contribution is -0.127. The summed E-state index contributed by atoms with van der Waals surface area (Å²) in [6.45, 7) is -1.11. The Morgan fingerprint density at radius 2 is 2.11 bits per heavy atom. The molecule has 8 nitrogen and oxygen atoms in total. The van der Waals surface area contributed by atoms with Crippen molar-refractivity contribution < 1.29 is 20.1 Å². The summed E-state index contributed by atoms with van der Waals surface area (Å²) in [7, 11) is 0. The first-order valence-electron chi connectivity index (χ1n) is 6.03. The molecule has 0 bridgehead atoms. The Bertz CT molecular complexity index is 435. The zero-order valence-electron chi connectivity index (χ0n) is 10.4. The fourth-order valence-electron chi connectivity index (χ4n) is 1.97. The SMILES string of the molecule is O=C(NC(CO)(CO)CO)C1Cc2nc[nH]c2CN1. The first-order chi connectivity index (χ1) is 9.14. The van der Waals surface area contributed by atoms with Crippen molar-refractivity contribution in [3.63, 3.8) is 0 Å². The molecule has 0 aromatic carbocycles. The number of fused-ring (bicyclic) bond motifs is 1. The molecule has 1 aliphatic heterocycles. The molecule has 2 heterocycles. The van der Waals surface area contributed by atoms with Crippen molar-refractivity contribution in [3.8, 4) is 0 Å². The molecule has 8 heteroatoms. The van der Waals surface area contributed by atoms with Crippen LogP contribution in [-0.4, -0.2) is 62.6 Å². The summed E-state index contributed by atoms with van der Waals surface area (Å²) in [6, 6.07) is -0.500. The van der Waals surface area contributed by atoms with Gasteiger partial charge in [0, 0.05) is 13.0 Å². The van der Waals surface area contributed by atoms with Gasteiger partial charge in [-0.15, -0.1) is 0 Å². The highest BCUT2D eigenvalue weighted by Gasteiger charge is 2.34. The number of aliphatic hydroxyl groups excluding tert-OH is 3. The molecule has 1 atom stereocenters. The lowest BCUT2D eigenvalue weighted by atomic mass is 10.00. The van der Waals surface area contributed by atoms with Gasteiger partial charge in [0.2, 0.25) is 5.91 Å². The van der Waals surface area contributed by atoms with Crippen molar-refractivity contribution in [3.05, 3.63) is 17.7 Å². The van der Waals surface area contributed by atoms with E-state index in [0.29, 0.717) is 13.0 Å². The quantitative estimate of drug-likeness (QED) is 0.344. The van der Waals surface area contributed by atoms with Crippen LogP contribution in [0.25, 0.3) is 0 Å². The zero-order valence-corrected chi connectivity index (χ0v) is 10.4. The molecular weight excluding hydrogens is 252 g/mol. The van der Waals surface area contributed by atoms with Gasteiger partial charge in [-0.25, -0.2) is 4.98 Å². The second-order valence-electron chi connectivity index (χ2n) is 4.71. The number of H-pyrrole nitrogens is 1. The van der Waals surface area contributed by atoms with E-state index in [0.717, 1.165) is 11.4 Å². The maximum Gasteiger partial charge on any atom is 0.238 e. The van der Waals surface area contributed by atoms with E-state index in [1.54, 1.807) is 6.33 Å². The van der Waals surface area contributed by atoms with E-state index in [2.05, 4.69) is 20.6 Å². The van der Waals surface area contributed by atoms with Crippen LogP contribution >= 0.6 is 0 Å². The molecule has 0 aliphatic carbocycles. The number of nitrogens with one attached hydrogen (secondary N) is 3. The standard InChI is InChI=1S/C11H18N4O4/c16-3-11(4-17,5-18)15-10(19)8-1-7-9(2-12-8)14-6-13-7/h6,8,12,16-18H,1-5H2,(H,13,14)(H,15,19). The number of aliphatic hydroxyl groups is 3. The number of carbonyl (C=O) groups excluding carboxylic acids is 1. The van der Waals surface area contributed by atoms with Crippen LogP contribution in [0, 0.1) is 0 Å². The highest BCUT2D eigenvalue weighted by molar-refractivity contribution is 5.83. The Morgan fingerprint density at radius 3 is 2.74 bits per heavy atom. The minimum Gasteiger partial charge on any atom is -0.394 e. The van der Waals surface area contributed by atoms with Crippen molar-refractivity contribution in [1.29, 1.82) is 0 Å². The Labute approximate surface area is 109 Å². The molecule has 1 aromatic heterocycles. The Morgan fingerprint density at radius 1 is 1.42 bits per heavy atom. The van der Waals surface area contributed by atoms with E-state index in [4.69, 9.17) is 0 Å². The van der Waals surface area contributed by atoms with Crippen molar-refractivity contribution >= 4 is 5.91 Å². The zero-order chi connectivity index (χ0) is 13.9. The van der Waals surface area contributed by atoms with Crippen molar-refractivity contribution in [2.75, 3.05) is 19.8 Å². The van der Waals surface area contributed by atoms with Gasteiger partial charge in [0.1, 0.15) is 5.54 Å². The number of amides is 1. The summed E-state index contributed by atoms with van der Waals surface area (Å²) in [4.78, 5) is 19.2. The topological polar surface area (TPSA) is 130 Å². The molecule has 1 amide bonds. The van der Waals surface area contributed by atoms with Crippen molar-refractivity contribution in [2.45, 2.75) is 24.5 Å². The third-order valence-corrected chi connectivity index (χ3v) is 3.34. The molecule has 106 valence electrons. The van der Waals surface area contributed by atoms with E-state index in [-0.39, 0.29) is 5.91 Å². The van der Waals surface area contributed by atoms with Crippen molar-refractivity contribution in [1.82, 2.24) is 20.6 Å². The molecule has 2 rings (SSSR count). The number of aromatic amines is 1. The van der Waals surface area contributed by atoms with Gasteiger partial charge in [-0.3, -0.25) is 10.1 Å². The van der Waals surface area contributed by atoms with Gasteiger partial charge in [0.25, 0.3) is 0 Å². The fourth-order valence-corrected chi connectivity index (χ4v) is 1.97. The molecule has 6 N–H and O–H groups in total. The summed E-state index contributed by atoms with van der Waals surface area (Å²) in [5, 5.41) is 33.0. The third-order valence-electron chi connectivity index (χ3n) is 3.34. The van der Waals surface area contributed by atoms with Gasteiger partial charge in [-0.2, -0.15) is 0 Å². The van der Waals surface area contributed by atoms with Crippen LogP contribution in [0.5, 0.6) is 0 Å². The predicted octanol–water partition coefficient (Wildman–Crippen LogP) is -2.74. The van der Waals surface area contributed by atoms with Gasteiger partial charge in [0.15, 0.2) is 0 Å². The van der Waals surface area contributed by atoms with Crippen LogP contribution in [0.15, 0.2) is 6.33 Å². The highest BCUT2D eigenvalue weighted by atomic mass is 16.3. The molecule has 0 saturated carbocycles. The van der Waals surface area contributed by atoms with Crippen LogP contribution in [0.3, 0.4) is 0 Å². The maximum absolute atomic E-state index is 12.1. The summed E-state index contributed by atoms with van der Waals surface area (Å²) in [5.74, 6) is -0.384. The summed E-state index contributed by atoms with van der Waals surface area (Å²) in [5.41, 5.74) is 0.369. The van der Waals surface area contributed by atoms with Gasteiger partial charge in [-0.05, 0) is 0 Å². The first-order valence-corrected chi connectivity index (χ1v) is 6.03. The van der Waals surface area contributed by atoms with Crippen molar-refractivity contribution in [2.24, 2.45) is 0 Å². The van der Waals surface area contributed by atoms with Crippen LogP contribution in [0.1, 0.15) is 11.4 Å². The Kier molecular flexibility index (Phi) is 4.15. The van der Waals surface area contributed by atoms with Crippen LogP contribution in [-0.2, 0) is 17.8 Å². The van der Waals surface area contributed by atoms with E-state index < -0.39 is 31.4 Å². The highest BCUT2D eigenvalue weighted by Crippen LogP contribution is 2.13. The monoisotopic (exact) mass is 270 g/mol. The van der Waals surface area contributed by atoms with Gasteiger partial charge >= 0.3 is 0 Å². The summed E-state index contributed by atoms with van der Waals surface area (Å²) < 4.78 is 0. The molecular formula is C11H18N4O4. The van der Waals surface area contributed by atoms with Gasteiger partial charge < -0.3 is 25.6 Å². The minimum atomic E-state index is -1.40. The maximum atomic E-state index is 12.1. The fraction of sp³-hybridized carbons (Fsp3) is 0.636. The van der Waals surface area contributed by atoms with Crippen LogP contribution in [0.2, 0.25) is 0 Å². The molecule has 19 heavy (non-hydrogen) atoms. The molecule has 0 radical (unpaired) electrons. The number of hydrogen-bond acceptors (Lipinski definition) is 6. The summed E-state index contributed by atoms with van der Waals surface area (Å²) in [6.07, 6.45) is 2.00. The first kappa shape index (κ1) is 13.9. The lowest BCUT2D eigenvalue weighted by Gasteiger charge is -2.31. The molecule has 0 saturated heterocycles. The van der Waals surface area contributed by atoms with E-state index in [1.165, 1.54) is 0 Å². The summed E-state index contributed by atoms with van der Waals surface area (Å²) >= 11 is 0. The number of imidazole rings is 1.